The van der Waals surface area contributed by atoms with Gasteiger partial charge in [-0.3, -0.25) is 0 Å². The lowest BCUT2D eigenvalue weighted by Gasteiger charge is -2.15. The summed E-state index contributed by atoms with van der Waals surface area (Å²) in [5, 5.41) is 8.78. The lowest BCUT2D eigenvalue weighted by Crippen LogP contribution is -2.30. The van der Waals surface area contributed by atoms with Crippen LogP contribution in [-0.2, 0) is 19.7 Å². The first-order valence-electron chi connectivity index (χ1n) is 6.23. The molecule has 0 aliphatic heterocycles. The Hall–Kier alpha value is -1.43. The van der Waals surface area contributed by atoms with Crippen molar-refractivity contribution in [2.45, 2.75) is 4.90 Å². The van der Waals surface area contributed by atoms with Gasteiger partial charge in [0.15, 0.2) is 9.84 Å². The minimum atomic E-state index is -3.48. The lowest BCUT2D eigenvalue weighted by molar-refractivity contribution is 0.374. The molecule has 0 radical (unpaired) electrons. The van der Waals surface area contributed by atoms with Gasteiger partial charge in [-0.2, -0.15) is 5.26 Å². The van der Waals surface area contributed by atoms with Crippen molar-refractivity contribution < 1.29 is 16.8 Å². The average molecular weight is 330 g/mol. The van der Waals surface area contributed by atoms with Gasteiger partial charge in [0.05, 0.1) is 28.0 Å². The minimum Gasteiger partial charge on any atom is -0.304 e. The Balaban J connectivity index is 2.67. The Morgan fingerprint density at radius 2 is 1.76 bits per heavy atom. The largest absolute Gasteiger partial charge is 0.304 e. The van der Waals surface area contributed by atoms with Crippen molar-refractivity contribution in [2.24, 2.45) is 0 Å². The van der Waals surface area contributed by atoms with Gasteiger partial charge in [-0.05, 0) is 25.2 Å². The molecule has 6 nitrogen and oxygen atoms in total. The average Bonchev–Trinajstić information content (AvgIpc) is 2.42. The highest BCUT2D eigenvalue weighted by molar-refractivity contribution is 7.91. The fourth-order valence-electron chi connectivity index (χ4n) is 1.59. The van der Waals surface area contributed by atoms with Crippen LogP contribution in [0.5, 0.6) is 0 Å². The zero-order valence-corrected chi connectivity index (χ0v) is 13.6. The van der Waals surface area contributed by atoms with E-state index < -0.39 is 19.7 Å². The van der Waals surface area contributed by atoms with Crippen LogP contribution in [0.1, 0.15) is 5.56 Å². The van der Waals surface area contributed by atoms with Crippen LogP contribution in [0.3, 0.4) is 0 Å². The number of rotatable bonds is 7. The van der Waals surface area contributed by atoms with Crippen LogP contribution < -0.4 is 0 Å². The van der Waals surface area contributed by atoms with E-state index in [1.54, 1.807) is 11.9 Å². The van der Waals surface area contributed by atoms with Crippen LogP contribution in [-0.4, -0.2) is 59.6 Å². The maximum Gasteiger partial charge on any atom is 0.179 e. The van der Waals surface area contributed by atoms with Crippen molar-refractivity contribution in [1.29, 1.82) is 5.26 Å². The molecule has 0 spiro atoms. The molecule has 0 N–H and O–H groups in total. The van der Waals surface area contributed by atoms with Crippen molar-refractivity contribution in [3.05, 3.63) is 29.8 Å². The molecule has 1 rings (SSSR count). The van der Waals surface area contributed by atoms with Crippen LogP contribution in [0, 0.1) is 11.3 Å². The first kappa shape index (κ1) is 17.6. The third kappa shape index (κ3) is 6.25. The quantitative estimate of drug-likeness (QED) is 0.714. The highest BCUT2D eigenvalue weighted by atomic mass is 32.2. The standard InChI is InChI=1S/C13H18N2O4S2/c1-15(6-8-20(2,16)17)7-9-21(18,19)13-5-3-4-12(10-13)11-14/h3-5,10H,6-9H2,1-2H3. The van der Waals surface area contributed by atoms with E-state index in [9.17, 15) is 16.8 Å². The molecule has 0 atom stereocenters. The summed E-state index contributed by atoms with van der Waals surface area (Å²) in [5.41, 5.74) is 0.293. The van der Waals surface area contributed by atoms with Gasteiger partial charge in [-0.15, -0.1) is 0 Å². The number of nitrogens with zero attached hydrogens (tertiary/aromatic N) is 2. The van der Waals surface area contributed by atoms with Gasteiger partial charge in [0.25, 0.3) is 0 Å². The number of hydrogen-bond acceptors (Lipinski definition) is 6. The van der Waals surface area contributed by atoms with Gasteiger partial charge in [-0.25, -0.2) is 16.8 Å². The summed E-state index contributed by atoms with van der Waals surface area (Å²) in [4.78, 5) is 1.77. The van der Waals surface area contributed by atoms with E-state index in [1.807, 2.05) is 6.07 Å². The second-order valence-corrected chi connectivity index (χ2v) is 9.26. The number of hydrogen-bond donors (Lipinski definition) is 0. The maximum atomic E-state index is 12.2. The van der Waals surface area contributed by atoms with E-state index >= 15 is 0 Å². The maximum absolute atomic E-state index is 12.2. The van der Waals surface area contributed by atoms with Gasteiger partial charge in [0.1, 0.15) is 9.84 Å². The van der Waals surface area contributed by atoms with Crippen molar-refractivity contribution in [3.63, 3.8) is 0 Å². The molecule has 0 bridgehead atoms. The first-order valence-corrected chi connectivity index (χ1v) is 9.94. The summed E-state index contributed by atoms with van der Waals surface area (Å²) < 4.78 is 46.4. The molecule has 0 aliphatic carbocycles. The molecule has 0 heterocycles. The molecule has 1 aromatic carbocycles. The molecule has 116 valence electrons. The van der Waals surface area contributed by atoms with E-state index in [-0.39, 0.29) is 29.5 Å². The first-order chi connectivity index (χ1) is 9.64. The van der Waals surface area contributed by atoms with Gasteiger partial charge >= 0.3 is 0 Å². The predicted molar refractivity (Wildman–Crippen MR) is 80.4 cm³/mol. The zero-order valence-electron chi connectivity index (χ0n) is 12.0. The molecule has 8 heteroatoms. The molecule has 1 aromatic rings. The van der Waals surface area contributed by atoms with Crippen LogP contribution >= 0.6 is 0 Å². The normalized spacial score (nSPS) is 12.3. The Labute approximate surface area is 125 Å². The van der Waals surface area contributed by atoms with E-state index in [1.165, 1.54) is 24.3 Å². The van der Waals surface area contributed by atoms with E-state index in [0.717, 1.165) is 6.26 Å². The molecular weight excluding hydrogens is 312 g/mol. The molecule has 0 amide bonds. The summed E-state index contributed by atoms with van der Waals surface area (Å²) in [6.07, 6.45) is 1.14. The van der Waals surface area contributed by atoms with E-state index in [4.69, 9.17) is 5.26 Å². The number of sulfone groups is 2. The molecular formula is C13H18N2O4S2. The second-order valence-electron chi connectivity index (χ2n) is 4.89. The van der Waals surface area contributed by atoms with E-state index in [2.05, 4.69) is 0 Å². The Morgan fingerprint density at radius 3 is 2.33 bits per heavy atom. The third-order valence-corrected chi connectivity index (χ3v) is 5.52. The van der Waals surface area contributed by atoms with Gasteiger partial charge in [0.2, 0.25) is 0 Å². The molecule has 21 heavy (non-hydrogen) atoms. The summed E-state index contributed by atoms with van der Waals surface area (Å²) in [7, 11) is -4.87. The van der Waals surface area contributed by atoms with Gasteiger partial charge in [-0.1, -0.05) is 6.07 Å². The molecule has 0 saturated carbocycles. The summed E-state index contributed by atoms with van der Waals surface area (Å²) >= 11 is 0. The van der Waals surface area contributed by atoms with Crippen LogP contribution in [0.4, 0.5) is 0 Å². The molecule has 0 fully saturated rings. The topological polar surface area (TPSA) is 95.3 Å². The number of benzene rings is 1. The summed E-state index contributed by atoms with van der Waals surface area (Å²) in [6.45, 7) is 0.515. The highest BCUT2D eigenvalue weighted by Gasteiger charge is 2.16. The van der Waals surface area contributed by atoms with Crippen LogP contribution in [0.25, 0.3) is 0 Å². The lowest BCUT2D eigenvalue weighted by atomic mass is 10.2. The summed E-state index contributed by atoms with van der Waals surface area (Å²) in [5.74, 6) is -0.129. The molecule has 0 aliphatic rings. The number of nitriles is 1. The van der Waals surface area contributed by atoms with Crippen LogP contribution in [0.15, 0.2) is 29.2 Å². The molecule has 0 unspecified atom stereocenters. The Kier molecular flexibility index (Phi) is 5.89. The highest BCUT2D eigenvalue weighted by Crippen LogP contribution is 2.13. The van der Waals surface area contributed by atoms with Crippen molar-refractivity contribution in [2.75, 3.05) is 37.9 Å². The fourth-order valence-corrected chi connectivity index (χ4v) is 3.61. The van der Waals surface area contributed by atoms with Crippen LogP contribution in [0.2, 0.25) is 0 Å². The molecule has 0 saturated heterocycles. The fraction of sp³-hybridized carbons (Fsp3) is 0.462. The minimum absolute atomic E-state index is 0.00648. The summed E-state index contributed by atoms with van der Waals surface area (Å²) in [6, 6.07) is 7.76. The third-order valence-electron chi connectivity index (χ3n) is 2.91. The Bertz CT molecular complexity index is 734. The van der Waals surface area contributed by atoms with E-state index in [0.29, 0.717) is 5.56 Å². The van der Waals surface area contributed by atoms with Crippen molar-refractivity contribution >= 4 is 19.7 Å². The predicted octanol–water partition coefficient (Wildman–Crippen LogP) is 0.308. The SMILES string of the molecule is CN(CCS(C)(=O)=O)CCS(=O)(=O)c1cccc(C#N)c1. The van der Waals surface area contributed by atoms with Crippen molar-refractivity contribution in [1.82, 2.24) is 4.90 Å². The smallest absolute Gasteiger partial charge is 0.179 e. The molecule has 0 aromatic heterocycles. The van der Waals surface area contributed by atoms with Gasteiger partial charge in [0, 0.05) is 19.3 Å². The zero-order chi connectivity index (χ0) is 16.1. The van der Waals surface area contributed by atoms with Crippen molar-refractivity contribution in [3.8, 4) is 6.07 Å². The monoisotopic (exact) mass is 330 g/mol. The van der Waals surface area contributed by atoms with Gasteiger partial charge < -0.3 is 4.90 Å². The Morgan fingerprint density at radius 1 is 1.14 bits per heavy atom. The second kappa shape index (κ2) is 7.02.